The largest absolute Gasteiger partial charge is 0.308 e. The number of benzene rings is 7. The number of para-hydroxylation sites is 3. The van der Waals surface area contributed by atoms with Crippen molar-refractivity contribution in [3.8, 4) is 0 Å². The van der Waals surface area contributed by atoms with Crippen molar-refractivity contribution in [2.45, 2.75) is 52.4 Å². The maximum atomic E-state index is 5.56. The number of fused-ring (bicyclic) bond motifs is 15. The van der Waals surface area contributed by atoms with E-state index in [2.05, 4.69) is 201 Å². The molecule has 12 rings (SSSR count). The Labute approximate surface area is 330 Å². The van der Waals surface area contributed by atoms with E-state index in [-0.39, 0.29) is 10.8 Å². The normalized spacial score (nSPS) is 13.1. The van der Waals surface area contributed by atoms with Gasteiger partial charge in [-0.3, -0.25) is 4.40 Å². The predicted molar refractivity (Wildman–Crippen MR) is 243 cm³/mol. The molecule has 0 saturated heterocycles. The molecule has 0 aliphatic heterocycles. The summed E-state index contributed by atoms with van der Waals surface area (Å²) in [7, 11) is 0. The molecule has 4 heteroatoms. The van der Waals surface area contributed by atoms with Crippen LogP contribution in [0.5, 0.6) is 0 Å². The van der Waals surface area contributed by atoms with Crippen molar-refractivity contribution < 1.29 is 0 Å². The lowest BCUT2D eigenvalue weighted by Gasteiger charge is -2.27. The fourth-order valence-electron chi connectivity index (χ4n) is 9.92. The van der Waals surface area contributed by atoms with Crippen LogP contribution < -0.4 is 4.90 Å². The van der Waals surface area contributed by atoms with Gasteiger partial charge in [0.05, 0.1) is 39.5 Å². The highest BCUT2D eigenvalue weighted by molar-refractivity contribution is 6.37. The Kier molecular flexibility index (Phi) is 6.29. The molecule has 0 N–H and O–H groups in total. The third-order valence-electron chi connectivity index (χ3n) is 12.6. The van der Waals surface area contributed by atoms with E-state index in [0.29, 0.717) is 0 Å². The number of hydrogen-bond acceptors (Lipinski definition) is 2. The van der Waals surface area contributed by atoms with Crippen LogP contribution in [-0.4, -0.2) is 13.8 Å². The minimum Gasteiger partial charge on any atom is -0.308 e. The fourth-order valence-corrected chi connectivity index (χ4v) is 9.92. The van der Waals surface area contributed by atoms with Crippen LogP contribution in [0, 0.1) is 0 Å². The second-order valence-electron chi connectivity index (χ2n) is 18.1. The number of anilines is 3. The highest BCUT2D eigenvalue weighted by Crippen LogP contribution is 2.52. The first-order valence-corrected chi connectivity index (χ1v) is 20.1. The first kappa shape index (κ1) is 32.6. The Bertz CT molecular complexity index is 3540. The van der Waals surface area contributed by atoms with E-state index in [1.807, 2.05) is 0 Å². The Morgan fingerprint density at radius 1 is 0.439 bits per heavy atom. The first-order valence-electron chi connectivity index (χ1n) is 20.1. The fraction of sp³-hybridized carbons (Fsp3) is 0.151. The molecule has 12 aromatic rings. The van der Waals surface area contributed by atoms with Crippen LogP contribution in [0.4, 0.5) is 17.1 Å². The third kappa shape index (κ3) is 4.30. The van der Waals surface area contributed by atoms with Crippen molar-refractivity contribution in [2.24, 2.45) is 0 Å². The number of hydrogen-bond donors (Lipinski definition) is 0. The van der Waals surface area contributed by atoms with Crippen molar-refractivity contribution in [2.75, 3.05) is 4.90 Å². The van der Waals surface area contributed by atoms with Gasteiger partial charge in [0.25, 0.3) is 0 Å². The Hall–Kier alpha value is -6.65. The van der Waals surface area contributed by atoms with Gasteiger partial charge in [0.1, 0.15) is 5.65 Å². The molecule has 0 fully saturated rings. The quantitative estimate of drug-likeness (QED) is 0.181. The molecule has 4 nitrogen and oxygen atoms in total. The van der Waals surface area contributed by atoms with E-state index in [0.717, 1.165) is 28.2 Å². The average molecular weight is 735 g/mol. The first-order chi connectivity index (χ1) is 27.6. The summed E-state index contributed by atoms with van der Waals surface area (Å²) in [5.41, 5.74) is 13.0. The number of aromatic nitrogens is 3. The van der Waals surface area contributed by atoms with E-state index >= 15 is 0 Å². The SMILES string of the molecule is CC(C)(C)c1cc2c3ccccc3n3c4cnc5c(c6cc(C(C)(C)C)cc7c8c9ccccc9cc(N(c9ccccc9)c9ccccc9)c8n5c67)c4c(c1)c23. The van der Waals surface area contributed by atoms with E-state index in [1.165, 1.54) is 87.1 Å². The van der Waals surface area contributed by atoms with Crippen LogP contribution in [0.25, 0.3) is 87.1 Å². The summed E-state index contributed by atoms with van der Waals surface area (Å²) in [5, 5.41) is 12.7. The predicted octanol–water partition coefficient (Wildman–Crippen LogP) is 14.6. The van der Waals surface area contributed by atoms with Crippen molar-refractivity contribution in [3.63, 3.8) is 0 Å². The van der Waals surface area contributed by atoms with E-state index < -0.39 is 0 Å². The van der Waals surface area contributed by atoms with Crippen molar-refractivity contribution in [3.05, 3.63) is 157 Å². The summed E-state index contributed by atoms with van der Waals surface area (Å²) in [6.07, 6.45) is 2.15. The highest BCUT2D eigenvalue weighted by atomic mass is 15.2. The molecule has 0 saturated carbocycles. The molecule has 0 bridgehead atoms. The standard InChI is InChI=1S/C53H42N4/c1-52(2,3)32-26-38-37-23-15-16-24-42(37)56-44-30-54-51-47(46(44)40(28-32)48(38)56)41-29-33(53(4,5)6)27-39-45-36-22-14-13-17-31(36)25-43(50(45)57(51)49(39)41)55(34-18-9-7-10-19-34)35-20-11-8-12-21-35/h7-30H,1-6H3. The Balaban J connectivity index is 1.36. The van der Waals surface area contributed by atoms with Crippen LogP contribution in [0.1, 0.15) is 52.7 Å². The summed E-state index contributed by atoms with van der Waals surface area (Å²) in [4.78, 5) is 7.99. The summed E-state index contributed by atoms with van der Waals surface area (Å²) in [6.45, 7) is 14.0. The molecule has 0 aliphatic carbocycles. The Morgan fingerprint density at radius 3 is 1.61 bits per heavy atom. The lowest BCUT2D eigenvalue weighted by atomic mass is 9.84. The van der Waals surface area contributed by atoms with Crippen LogP contribution in [-0.2, 0) is 10.8 Å². The van der Waals surface area contributed by atoms with Gasteiger partial charge >= 0.3 is 0 Å². The van der Waals surface area contributed by atoms with Gasteiger partial charge in [0.15, 0.2) is 0 Å². The lowest BCUT2D eigenvalue weighted by Crippen LogP contribution is -2.11. The minimum atomic E-state index is -0.0817. The average Bonchev–Trinajstić information content (AvgIpc) is 3.94. The molecule has 7 aromatic carbocycles. The molecule has 0 aliphatic rings. The van der Waals surface area contributed by atoms with Crippen molar-refractivity contribution in [1.29, 1.82) is 0 Å². The zero-order valence-electron chi connectivity index (χ0n) is 33.1. The summed E-state index contributed by atoms with van der Waals surface area (Å²) < 4.78 is 5.00. The molecular formula is C53H42N4. The monoisotopic (exact) mass is 734 g/mol. The van der Waals surface area contributed by atoms with Crippen LogP contribution in [0.3, 0.4) is 0 Å². The Morgan fingerprint density at radius 2 is 0.965 bits per heavy atom. The number of pyridine rings is 1. The molecule has 0 amide bonds. The third-order valence-corrected chi connectivity index (χ3v) is 12.6. The molecule has 5 heterocycles. The van der Waals surface area contributed by atoms with Crippen LogP contribution in [0.15, 0.2) is 146 Å². The second-order valence-corrected chi connectivity index (χ2v) is 18.1. The molecule has 57 heavy (non-hydrogen) atoms. The smallest absolute Gasteiger partial charge is 0.146 e. The number of rotatable bonds is 3. The van der Waals surface area contributed by atoms with Crippen LogP contribution in [0.2, 0.25) is 0 Å². The highest BCUT2D eigenvalue weighted by Gasteiger charge is 2.31. The lowest BCUT2D eigenvalue weighted by molar-refractivity contribution is 0.591. The van der Waals surface area contributed by atoms with E-state index in [1.54, 1.807) is 0 Å². The van der Waals surface area contributed by atoms with Crippen molar-refractivity contribution >= 4 is 104 Å². The zero-order valence-corrected chi connectivity index (χ0v) is 33.1. The molecule has 0 spiro atoms. The summed E-state index contributed by atoms with van der Waals surface area (Å²) >= 11 is 0. The molecule has 0 radical (unpaired) electrons. The molecule has 5 aromatic heterocycles. The molecule has 0 unspecified atom stereocenters. The van der Waals surface area contributed by atoms with Gasteiger partial charge in [-0.25, -0.2) is 4.98 Å². The van der Waals surface area contributed by atoms with E-state index in [4.69, 9.17) is 4.98 Å². The second kappa shape index (κ2) is 11.0. The van der Waals surface area contributed by atoms with Gasteiger partial charge in [-0.1, -0.05) is 120 Å². The van der Waals surface area contributed by atoms with Crippen LogP contribution >= 0.6 is 0 Å². The molecule has 0 atom stereocenters. The maximum Gasteiger partial charge on any atom is 0.146 e. The summed E-state index contributed by atoms with van der Waals surface area (Å²) in [5.74, 6) is 0. The van der Waals surface area contributed by atoms with Gasteiger partial charge in [0.2, 0.25) is 0 Å². The topological polar surface area (TPSA) is 24.9 Å². The van der Waals surface area contributed by atoms with Gasteiger partial charge in [-0.15, -0.1) is 0 Å². The minimum absolute atomic E-state index is 0.0258. The maximum absolute atomic E-state index is 5.56. The van der Waals surface area contributed by atoms with Gasteiger partial charge in [0, 0.05) is 54.5 Å². The molecule has 274 valence electrons. The summed E-state index contributed by atoms with van der Waals surface area (Å²) in [6, 6.07) is 51.7. The van der Waals surface area contributed by atoms with Gasteiger partial charge in [-0.2, -0.15) is 0 Å². The number of nitrogens with zero attached hydrogens (tertiary/aromatic N) is 4. The van der Waals surface area contributed by atoms with Gasteiger partial charge in [-0.05, 0) is 93.4 Å². The van der Waals surface area contributed by atoms with Crippen molar-refractivity contribution in [1.82, 2.24) is 13.8 Å². The van der Waals surface area contributed by atoms with Gasteiger partial charge < -0.3 is 9.30 Å². The zero-order chi connectivity index (χ0) is 38.5. The van der Waals surface area contributed by atoms with E-state index in [9.17, 15) is 0 Å². The molecular weight excluding hydrogens is 693 g/mol.